The van der Waals surface area contributed by atoms with Gasteiger partial charge in [-0.25, -0.2) is 62.1 Å². The van der Waals surface area contributed by atoms with Gasteiger partial charge in [-0.05, 0) is 48.5 Å². The number of nitrogens with two attached hydrogens (primary N) is 2. The second kappa shape index (κ2) is 21.8. The minimum absolute atomic E-state index is 0. The van der Waals surface area contributed by atoms with Crippen LogP contribution in [0.25, 0.3) is 0 Å². The Labute approximate surface area is 524 Å². The number of halogens is 4. The Morgan fingerprint density at radius 1 is 0.464 bits per heavy atom. The molecule has 0 fully saturated rings. The van der Waals surface area contributed by atoms with Crippen molar-refractivity contribution in [3.63, 3.8) is 0 Å². The van der Waals surface area contributed by atoms with Crippen molar-refractivity contribution in [2.75, 3.05) is 46.3 Å². The van der Waals surface area contributed by atoms with Crippen LogP contribution in [0, 0.1) is 0 Å². The van der Waals surface area contributed by atoms with E-state index in [4.69, 9.17) is 76.8 Å². The third kappa shape index (κ3) is 11.1. The summed E-state index contributed by atoms with van der Waals surface area (Å²) < 4.78 is 211. The van der Waals surface area contributed by atoms with Gasteiger partial charge in [-0.15, -0.1) is 0 Å². The van der Waals surface area contributed by atoms with Crippen LogP contribution in [0.1, 0.15) is 0 Å². The minimum Gasteiger partial charge on any atom is -0.748 e. The van der Waals surface area contributed by atoms with Crippen LogP contribution in [0.15, 0.2) is 88.1 Å². The van der Waals surface area contributed by atoms with E-state index in [1.54, 1.807) is 0 Å². The number of hydrogen-bond donors (Lipinski definition) is 4. The Morgan fingerprint density at radius 3 is 1.04 bits per heavy atom. The molecule has 7 aromatic rings. The standard InChI is InChI=1S/C42H26Cl4N12O19S5.Li.Na/c1-58(10-11-78(59,60)61)42-56-40(53-18-8-6-16-30(38(18)81(68,69)70)76-34-22(45)24-32(20(43)26(34)51-16)74-28-14(49-24)4-2-12(47)36(28)79(62,63)64)55-41(57-42)54-19-9-7-17-31(39(19)82(71,72)73)77-35-23(46)25-33(21(44)27(35)52-17)75-29-15(50-25)5-3-13(48)37(29)80(65,66)67;;/h2-9H,10-11,47-48H2,1H3,(H,59,60,61)(H,62,63,64)(H,65,66,67)(H,68,69,70)(H,71,72,73)(H2,53,54,55,56,57);;/q;2*+1/p-5. The van der Waals surface area contributed by atoms with Crippen LogP contribution in [-0.2, 0) is 50.6 Å². The summed E-state index contributed by atoms with van der Waals surface area (Å²) in [5, 5.41) is 1.73. The molecule has 0 bridgehead atoms. The van der Waals surface area contributed by atoms with Gasteiger partial charge in [0.25, 0.3) is 0 Å². The molecular formula is C42H21Cl4LiN12NaO19S5-3. The van der Waals surface area contributed by atoms with Crippen molar-refractivity contribution in [2.24, 2.45) is 20.0 Å². The number of ether oxygens (including phenoxy) is 4. The van der Waals surface area contributed by atoms with Gasteiger partial charge in [0.05, 0.1) is 38.6 Å². The number of nitrogens with zero attached hydrogens (tertiary/aromatic N) is 8. The Kier molecular flexibility index (Phi) is 16.2. The molecule has 426 valence electrons. The van der Waals surface area contributed by atoms with Gasteiger partial charge < -0.3 is 68.7 Å². The Morgan fingerprint density at radius 2 is 0.750 bits per heavy atom. The summed E-state index contributed by atoms with van der Waals surface area (Å²) in [5.41, 5.74) is 7.96. The number of nitrogens with one attached hydrogen (secondary N) is 2. The van der Waals surface area contributed by atoms with Crippen molar-refractivity contribution in [2.45, 2.75) is 19.6 Å². The van der Waals surface area contributed by atoms with E-state index in [-0.39, 0.29) is 81.2 Å². The van der Waals surface area contributed by atoms with Crippen molar-refractivity contribution in [1.29, 1.82) is 0 Å². The maximum Gasteiger partial charge on any atom is 1.00 e. The zero-order valence-electron chi connectivity index (χ0n) is 41.6. The van der Waals surface area contributed by atoms with Gasteiger partial charge in [0.1, 0.15) is 124 Å². The van der Waals surface area contributed by atoms with Gasteiger partial charge in [0, 0.05) is 13.6 Å². The molecule has 0 saturated carbocycles. The number of aromatic nitrogens is 3. The number of rotatable bonds is 12. The van der Waals surface area contributed by atoms with Gasteiger partial charge >= 0.3 is 48.4 Å². The average Bonchev–Trinajstić information content (AvgIpc) is 0.852. The van der Waals surface area contributed by atoms with E-state index in [9.17, 15) is 64.9 Å². The molecule has 0 unspecified atom stereocenters. The summed E-state index contributed by atoms with van der Waals surface area (Å²) in [7, 11) is -25.7. The molecule has 0 atom stereocenters. The molecule has 4 aliphatic rings. The molecule has 84 heavy (non-hydrogen) atoms. The Bertz CT molecular complexity index is 4760. The number of anilines is 7. The molecule has 42 heteroatoms. The van der Waals surface area contributed by atoms with Crippen molar-refractivity contribution in [1.82, 2.24) is 15.0 Å². The zero-order valence-corrected chi connectivity index (χ0v) is 50.7. The quantitative estimate of drug-likeness (QED) is 0.0582. The van der Waals surface area contributed by atoms with Crippen molar-refractivity contribution >= 4 is 160 Å². The van der Waals surface area contributed by atoms with E-state index in [1.165, 1.54) is 19.2 Å². The number of nitrogen functional groups attached to an aromatic ring is 2. The fourth-order valence-electron chi connectivity index (χ4n) is 8.34. The second-order valence-electron chi connectivity index (χ2n) is 17.1. The summed E-state index contributed by atoms with van der Waals surface area (Å²) in [6, 6.07) is 8.60. The molecule has 4 aliphatic heterocycles. The molecule has 11 rings (SSSR count). The first-order valence-electron chi connectivity index (χ1n) is 21.8. The Balaban J connectivity index is 0.00000423. The maximum absolute atomic E-state index is 13.3. The molecule has 6 aromatic carbocycles. The smallest absolute Gasteiger partial charge is 0.748 e. The predicted molar refractivity (Wildman–Crippen MR) is 277 cm³/mol. The molecule has 0 spiro atoms. The van der Waals surface area contributed by atoms with E-state index in [0.29, 0.717) is 0 Å². The summed E-state index contributed by atoms with van der Waals surface area (Å²) in [6.07, 6.45) is 0. The van der Waals surface area contributed by atoms with Gasteiger partial charge in [-0.1, -0.05) is 46.4 Å². The minimum atomic E-state index is -5.71. The zero-order chi connectivity index (χ0) is 59.2. The maximum atomic E-state index is 13.3. The first-order chi connectivity index (χ1) is 38.2. The van der Waals surface area contributed by atoms with Crippen LogP contribution < -0.4 is 116 Å². The number of fused-ring (bicyclic) bond motifs is 8. The first-order valence-corrected chi connectivity index (χ1v) is 30.6. The number of hydrogen-bond acceptors (Lipinski definition) is 31. The van der Waals surface area contributed by atoms with Crippen molar-refractivity contribution < 1.29 is 132 Å². The third-order valence-electron chi connectivity index (χ3n) is 11.8. The van der Waals surface area contributed by atoms with E-state index < -0.39 is 201 Å². The van der Waals surface area contributed by atoms with Crippen LogP contribution in [0.4, 0.5) is 63.3 Å². The predicted octanol–water partition coefficient (Wildman–Crippen LogP) is -2.03. The first kappa shape index (κ1) is 62.6. The molecule has 6 N–H and O–H groups in total. The molecule has 5 heterocycles. The average molecular weight is 1330 g/mol. The van der Waals surface area contributed by atoms with E-state index in [1.807, 2.05) is 0 Å². The van der Waals surface area contributed by atoms with Crippen LogP contribution in [0.2, 0.25) is 20.1 Å². The fraction of sp³-hybridized carbons (Fsp3) is 0.0714. The molecular weight excluding hydrogens is 1310 g/mol. The normalized spacial score (nSPS) is 13.4. The largest absolute Gasteiger partial charge is 1.00 e. The van der Waals surface area contributed by atoms with Crippen molar-refractivity contribution in [3.05, 3.63) is 90.1 Å². The Hall–Kier alpha value is -5.96. The van der Waals surface area contributed by atoms with Gasteiger partial charge in [0.2, 0.25) is 17.8 Å². The molecule has 0 aliphatic carbocycles. The van der Waals surface area contributed by atoms with E-state index >= 15 is 0 Å². The van der Waals surface area contributed by atoms with Crippen LogP contribution in [0.3, 0.4) is 0 Å². The topological polar surface area (TPSA) is 490 Å². The van der Waals surface area contributed by atoms with Gasteiger partial charge in [-0.3, -0.25) is 0 Å². The van der Waals surface area contributed by atoms with Gasteiger partial charge in [-0.2, -0.15) is 15.0 Å². The summed E-state index contributed by atoms with van der Waals surface area (Å²) >= 11 is 26.8. The fourth-order valence-corrected chi connectivity index (χ4v) is 12.8. The summed E-state index contributed by atoms with van der Waals surface area (Å²) in [6.45, 7) is -0.609. The molecule has 0 radical (unpaired) electrons. The summed E-state index contributed by atoms with van der Waals surface area (Å²) in [4.78, 5) is 26.4. The summed E-state index contributed by atoms with van der Waals surface area (Å²) in [5.74, 6) is -7.64. The van der Waals surface area contributed by atoms with Crippen LogP contribution in [-0.4, -0.2) is 99.1 Å². The SMILES string of the molecule is CN(CCS(=O)(=O)[O-])c1nc(Nc2ccc3c(c2S(=O)(=O)[O-])Oc2c(Cl)c4c(c(Cl)c2=N3)Oc2c(ccc(N)c2S(=O)(=O)[O-])N=4)nc(Nc2ccc3c(c2S(=O)(=O)[O-])Oc2c(Cl)c4c(c(Cl)c2=N3)Oc2c(ccc(N)c2S(=O)(=O)[O-])N=4)n1.[Li+].[Na+]. The van der Waals surface area contributed by atoms with E-state index in [2.05, 4.69) is 45.6 Å². The number of benzene rings is 6. The van der Waals surface area contributed by atoms with E-state index in [0.717, 1.165) is 41.3 Å². The monoisotopic (exact) mass is 1330 g/mol. The van der Waals surface area contributed by atoms with Crippen LogP contribution in [0.5, 0.6) is 46.0 Å². The second-order valence-corrected chi connectivity index (χ2v) is 25.4. The molecule has 31 nitrogen and oxygen atoms in total. The van der Waals surface area contributed by atoms with Gasteiger partial charge in [0.15, 0.2) is 46.0 Å². The third-order valence-corrected chi connectivity index (χ3v) is 17.5. The van der Waals surface area contributed by atoms with Crippen LogP contribution >= 0.6 is 46.4 Å². The molecule has 0 saturated heterocycles. The van der Waals surface area contributed by atoms with Crippen molar-refractivity contribution in [3.8, 4) is 46.0 Å². The molecule has 0 amide bonds. The molecule has 1 aromatic heterocycles.